The summed E-state index contributed by atoms with van der Waals surface area (Å²) in [5.41, 5.74) is 6.54. The van der Waals surface area contributed by atoms with Crippen LogP contribution in [0.15, 0.2) is 53.5 Å². The highest BCUT2D eigenvalue weighted by Gasteiger charge is 2.39. The second kappa shape index (κ2) is 7.53. The van der Waals surface area contributed by atoms with Crippen molar-refractivity contribution in [3.8, 4) is 11.5 Å². The summed E-state index contributed by atoms with van der Waals surface area (Å²) < 4.78 is 12.5. The third-order valence-electron chi connectivity index (χ3n) is 5.20. The van der Waals surface area contributed by atoms with Crippen molar-refractivity contribution in [2.24, 2.45) is 4.99 Å². The molecule has 0 amide bonds. The summed E-state index contributed by atoms with van der Waals surface area (Å²) in [5, 5.41) is 0. The fourth-order valence-electron chi connectivity index (χ4n) is 4.18. The van der Waals surface area contributed by atoms with Gasteiger partial charge in [-0.25, -0.2) is 0 Å². The molecular weight excluding hydrogens is 382 g/mol. The van der Waals surface area contributed by atoms with Gasteiger partial charge in [-0.1, -0.05) is 36.9 Å². The Hall–Kier alpha value is -2.26. The van der Waals surface area contributed by atoms with Crippen LogP contribution in [0.1, 0.15) is 56.9 Å². The Bertz CT molecular complexity index is 974. The van der Waals surface area contributed by atoms with Crippen LogP contribution in [0.2, 0.25) is 0 Å². The Morgan fingerprint density at radius 1 is 1.14 bits per heavy atom. The fourth-order valence-corrected chi connectivity index (χ4v) is 4.18. The number of ether oxygens (including phenoxy) is 2. The summed E-state index contributed by atoms with van der Waals surface area (Å²) in [7, 11) is 0. The van der Waals surface area contributed by atoms with Crippen molar-refractivity contribution in [2.45, 2.75) is 58.6 Å². The van der Waals surface area contributed by atoms with Gasteiger partial charge in [0.1, 0.15) is 12.2 Å². The van der Waals surface area contributed by atoms with Crippen LogP contribution < -0.4 is 9.47 Å². The Morgan fingerprint density at radius 2 is 1.83 bits per heavy atom. The molecule has 0 unspecified atom stereocenters. The molecule has 154 valence electrons. The summed E-state index contributed by atoms with van der Waals surface area (Å²) in [5.74, 6) is 1.70. The van der Waals surface area contributed by atoms with Crippen molar-refractivity contribution in [1.29, 1.82) is 0 Å². The van der Waals surface area contributed by atoms with E-state index in [0.717, 1.165) is 41.2 Å². The first kappa shape index (κ1) is 21.4. The zero-order chi connectivity index (χ0) is 20.1. The SMILES string of the molecule is C=C(C)COc1cc2c(c3c1OC(C)(C)C3)C(c1ccccc1)=NC(C)(C)C2.Cl. The third kappa shape index (κ3) is 4.20. The molecule has 0 radical (unpaired) electrons. The number of halogens is 1. The fraction of sp³-hybridized carbons (Fsp3) is 0.400. The summed E-state index contributed by atoms with van der Waals surface area (Å²) in [6.45, 7) is 15.1. The van der Waals surface area contributed by atoms with E-state index in [1.165, 1.54) is 16.7 Å². The molecule has 29 heavy (non-hydrogen) atoms. The lowest BCUT2D eigenvalue weighted by atomic mass is 9.81. The maximum Gasteiger partial charge on any atom is 0.166 e. The second-order valence-electron chi connectivity index (χ2n) is 9.32. The van der Waals surface area contributed by atoms with Gasteiger partial charge < -0.3 is 9.47 Å². The highest BCUT2D eigenvalue weighted by atomic mass is 35.5. The van der Waals surface area contributed by atoms with E-state index in [4.69, 9.17) is 14.5 Å². The van der Waals surface area contributed by atoms with Gasteiger partial charge in [0.2, 0.25) is 0 Å². The molecule has 4 heteroatoms. The molecule has 3 nitrogen and oxygen atoms in total. The highest BCUT2D eigenvalue weighted by molar-refractivity contribution is 6.16. The van der Waals surface area contributed by atoms with E-state index >= 15 is 0 Å². The van der Waals surface area contributed by atoms with Crippen molar-refractivity contribution in [1.82, 2.24) is 0 Å². The Balaban J connectivity index is 0.00000240. The molecule has 2 aromatic rings. The molecular formula is C25H30ClNO2. The van der Waals surface area contributed by atoms with Crippen LogP contribution in [0.5, 0.6) is 11.5 Å². The van der Waals surface area contributed by atoms with Gasteiger partial charge in [0.25, 0.3) is 0 Å². The van der Waals surface area contributed by atoms with Crippen molar-refractivity contribution in [3.05, 3.63) is 70.8 Å². The van der Waals surface area contributed by atoms with E-state index in [0.29, 0.717) is 6.61 Å². The number of rotatable bonds is 4. The minimum absolute atomic E-state index is 0. The summed E-state index contributed by atoms with van der Waals surface area (Å²) in [6, 6.07) is 12.6. The van der Waals surface area contributed by atoms with E-state index < -0.39 is 0 Å². The largest absolute Gasteiger partial charge is 0.485 e. The van der Waals surface area contributed by atoms with Crippen LogP contribution in [-0.2, 0) is 12.8 Å². The number of nitrogens with zero attached hydrogens (tertiary/aromatic N) is 1. The molecule has 2 heterocycles. The summed E-state index contributed by atoms with van der Waals surface area (Å²) >= 11 is 0. The molecule has 0 bridgehead atoms. The maximum atomic E-state index is 6.35. The predicted octanol–water partition coefficient (Wildman–Crippen LogP) is 5.95. The van der Waals surface area contributed by atoms with Crippen molar-refractivity contribution < 1.29 is 9.47 Å². The molecule has 2 aromatic carbocycles. The van der Waals surface area contributed by atoms with Gasteiger partial charge in [-0.15, -0.1) is 12.4 Å². The number of hydrogen-bond acceptors (Lipinski definition) is 3. The smallest absolute Gasteiger partial charge is 0.166 e. The lowest BCUT2D eigenvalue weighted by Crippen LogP contribution is -2.30. The molecule has 0 saturated carbocycles. The lowest BCUT2D eigenvalue weighted by molar-refractivity contribution is 0.133. The number of benzene rings is 2. The average molecular weight is 412 g/mol. The molecule has 0 spiro atoms. The summed E-state index contributed by atoms with van der Waals surface area (Å²) in [4.78, 5) is 5.16. The van der Waals surface area contributed by atoms with Gasteiger partial charge in [-0.3, -0.25) is 4.99 Å². The van der Waals surface area contributed by atoms with E-state index in [2.05, 4.69) is 64.6 Å². The van der Waals surface area contributed by atoms with E-state index in [-0.39, 0.29) is 23.5 Å². The van der Waals surface area contributed by atoms with Gasteiger partial charge >= 0.3 is 0 Å². The Kier molecular flexibility index (Phi) is 5.57. The monoisotopic (exact) mass is 411 g/mol. The molecule has 0 atom stereocenters. The molecule has 0 N–H and O–H groups in total. The maximum absolute atomic E-state index is 6.35. The van der Waals surface area contributed by atoms with Gasteiger partial charge in [-0.2, -0.15) is 0 Å². The van der Waals surface area contributed by atoms with Crippen LogP contribution in [0.25, 0.3) is 0 Å². The quantitative estimate of drug-likeness (QED) is 0.582. The lowest BCUT2D eigenvalue weighted by Gasteiger charge is -2.31. The topological polar surface area (TPSA) is 30.8 Å². The molecule has 2 aliphatic heterocycles. The van der Waals surface area contributed by atoms with Crippen LogP contribution in [0, 0.1) is 0 Å². The van der Waals surface area contributed by atoms with Crippen LogP contribution >= 0.6 is 12.4 Å². The number of hydrogen-bond donors (Lipinski definition) is 0. The molecule has 0 aliphatic carbocycles. The van der Waals surface area contributed by atoms with Gasteiger partial charge in [0.05, 0.1) is 11.3 Å². The first-order valence-electron chi connectivity index (χ1n) is 9.96. The molecule has 0 fully saturated rings. The standard InChI is InChI=1S/C25H29NO2.ClH/c1-16(2)15-27-20-12-18-13-24(3,4)26-22(17-10-8-7-9-11-17)21(18)19-14-25(5,6)28-23(19)20;/h7-12H,1,13-15H2,2-6H3;1H. The van der Waals surface area contributed by atoms with E-state index in [1.807, 2.05) is 13.0 Å². The zero-order valence-corrected chi connectivity index (χ0v) is 18.8. The van der Waals surface area contributed by atoms with Crippen LogP contribution in [-0.4, -0.2) is 23.5 Å². The van der Waals surface area contributed by atoms with Crippen LogP contribution in [0.3, 0.4) is 0 Å². The highest BCUT2D eigenvalue weighted by Crippen LogP contribution is 2.48. The Morgan fingerprint density at radius 3 is 2.48 bits per heavy atom. The third-order valence-corrected chi connectivity index (χ3v) is 5.20. The van der Waals surface area contributed by atoms with Gasteiger partial charge in [0, 0.05) is 23.1 Å². The average Bonchev–Trinajstić information content (AvgIpc) is 2.93. The van der Waals surface area contributed by atoms with Crippen molar-refractivity contribution in [2.75, 3.05) is 6.61 Å². The Labute approximate surface area is 180 Å². The molecule has 0 aromatic heterocycles. The van der Waals surface area contributed by atoms with Crippen molar-refractivity contribution >= 4 is 18.1 Å². The number of fused-ring (bicyclic) bond motifs is 3. The first-order chi connectivity index (χ1) is 13.2. The predicted molar refractivity (Wildman–Crippen MR) is 122 cm³/mol. The van der Waals surface area contributed by atoms with E-state index in [1.54, 1.807) is 0 Å². The molecule has 0 saturated heterocycles. The van der Waals surface area contributed by atoms with Gasteiger partial charge in [-0.05, 0) is 58.2 Å². The zero-order valence-electron chi connectivity index (χ0n) is 18.0. The van der Waals surface area contributed by atoms with Crippen LogP contribution in [0.4, 0.5) is 0 Å². The minimum Gasteiger partial charge on any atom is -0.485 e. The van der Waals surface area contributed by atoms with Gasteiger partial charge in [0.15, 0.2) is 11.5 Å². The second-order valence-corrected chi connectivity index (χ2v) is 9.32. The minimum atomic E-state index is -0.256. The summed E-state index contributed by atoms with van der Waals surface area (Å²) in [6.07, 6.45) is 1.73. The first-order valence-corrected chi connectivity index (χ1v) is 9.96. The normalized spacial score (nSPS) is 17.9. The molecule has 4 rings (SSSR count). The van der Waals surface area contributed by atoms with E-state index in [9.17, 15) is 0 Å². The van der Waals surface area contributed by atoms with Crippen molar-refractivity contribution in [3.63, 3.8) is 0 Å². The molecule has 2 aliphatic rings. The number of aliphatic imine (C=N–C) groups is 1.